The zero-order chi connectivity index (χ0) is 5.70. The molecule has 0 heterocycles. The van der Waals surface area contributed by atoms with Gasteiger partial charge in [0.15, 0.2) is 0 Å². The summed E-state index contributed by atoms with van der Waals surface area (Å²) in [6, 6.07) is 0. The lowest BCUT2D eigenvalue weighted by Gasteiger charge is -1.87. The van der Waals surface area contributed by atoms with Crippen LogP contribution in [0.15, 0.2) is 0 Å². The summed E-state index contributed by atoms with van der Waals surface area (Å²) >= 11 is 0. The third-order valence-electron chi connectivity index (χ3n) is 0.706. The van der Waals surface area contributed by atoms with E-state index in [-0.39, 0.29) is 0 Å². The van der Waals surface area contributed by atoms with Gasteiger partial charge in [0.05, 0.1) is 0 Å². The number of hydrogen-bond donors (Lipinski definition) is 0. The largest absolute Gasteiger partial charge is 0.268 e. The predicted molar refractivity (Wildman–Crippen MR) is 34.8 cm³/mol. The van der Waals surface area contributed by atoms with Gasteiger partial charge in [0.1, 0.15) is 0 Å². The third-order valence-corrected chi connectivity index (χ3v) is 0.706. The molecule has 0 rings (SSSR count). The minimum atomic E-state index is 0.713. The van der Waals surface area contributed by atoms with Gasteiger partial charge in [0, 0.05) is 6.42 Å². The molecule has 40 valence electrons. The fraction of sp³-hybridized carbons (Fsp3) is 0.667. The lowest BCUT2D eigenvalue weighted by atomic mass is 10.2. The van der Waals surface area contributed by atoms with Gasteiger partial charge >= 0.3 is 0 Å². The van der Waals surface area contributed by atoms with Gasteiger partial charge < -0.3 is 0 Å². The molecule has 0 atom stereocenters. The van der Waals surface area contributed by atoms with Gasteiger partial charge in [-0.05, 0) is 5.92 Å². The number of nitrogens with zero attached hydrogens (tertiary/aromatic N) is 1. The van der Waals surface area contributed by atoms with Crippen molar-refractivity contribution in [1.29, 1.82) is 0 Å². The Morgan fingerprint density at radius 1 is 1.71 bits per heavy atom. The van der Waals surface area contributed by atoms with Crippen molar-refractivity contribution in [2.24, 2.45) is 5.92 Å². The summed E-state index contributed by atoms with van der Waals surface area (Å²) in [4.78, 5) is 0. The molecule has 0 N–H and O–H groups in total. The number of hydrogen-bond acceptors (Lipinski definition) is 0. The minimum absolute atomic E-state index is 0.713. The van der Waals surface area contributed by atoms with Crippen LogP contribution in [0.3, 0.4) is 0 Å². The van der Waals surface area contributed by atoms with Crippen molar-refractivity contribution in [2.75, 3.05) is 0 Å². The Kier molecular flexibility index (Phi) is 3.35. The van der Waals surface area contributed by atoms with E-state index < -0.39 is 0 Å². The van der Waals surface area contributed by atoms with Crippen molar-refractivity contribution in [2.45, 2.75) is 20.3 Å². The highest BCUT2D eigenvalue weighted by Gasteiger charge is 1.90. The Morgan fingerprint density at radius 3 is 2.43 bits per heavy atom. The second-order valence-electron chi connectivity index (χ2n) is 1.99. The summed E-state index contributed by atoms with van der Waals surface area (Å²) in [6.45, 7) is 7.64. The van der Waals surface area contributed by atoms with Crippen molar-refractivity contribution in [3.63, 3.8) is 0 Å². The monoisotopic (exact) mass is 98.1 g/mol. The molecular weight excluding hydrogens is 86.1 g/mol. The summed E-state index contributed by atoms with van der Waals surface area (Å²) in [7, 11) is 0. The van der Waals surface area contributed by atoms with E-state index in [0.29, 0.717) is 5.92 Å². The van der Waals surface area contributed by atoms with Crippen LogP contribution in [0, 0.1) is 5.92 Å². The molecular formula is C6H12N+. The lowest BCUT2D eigenvalue weighted by Crippen LogP contribution is -1.87. The van der Waals surface area contributed by atoms with Crippen LogP contribution in [-0.2, 0) is 0 Å². The second-order valence-corrected chi connectivity index (χ2v) is 1.99. The Bertz CT molecular complexity index is 78.2. The van der Waals surface area contributed by atoms with E-state index in [1.165, 1.54) is 0 Å². The van der Waals surface area contributed by atoms with Crippen molar-refractivity contribution in [3.8, 4) is 0 Å². The smallest absolute Gasteiger partial charge is 0.114 e. The molecule has 1 nitrogen and oxygen atoms in total. The van der Waals surface area contributed by atoms with Crippen LogP contribution in [0.25, 0.3) is 0 Å². The molecule has 0 amide bonds. The zero-order valence-corrected chi connectivity index (χ0v) is 5.02. The van der Waals surface area contributed by atoms with Crippen LogP contribution in [-0.4, -0.2) is 12.9 Å². The fourth-order valence-electron chi connectivity index (χ4n) is 0.285. The maximum atomic E-state index is 3.60. The average Bonchev–Trinajstić information content (AvgIpc) is 1.61. The van der Waals surface area contributed by atoms with Crippen LogP contribution < -0.4 is 4.67 Å². The van der Waals surface area contributed by atoms with E-state index in [1.807, 2.05) is 6.21 Å². The molecule has 0 unspecified atom stereocenters. The first-order valence-electron chi connectivity index (χ1n) is 2.55. The summed E-state index contributed by atoms with van der Waals surface area (Å²) < 4.78 is 3.60. The van der Waals surface area contributed by atoms with Gasteiger partial charge in [-0.3, -0.25) is 0 Å². The van der Waals surface area contributed by atoms with E-state index in [2.05, 4.69) is 25.2 Å². The molecule has 0 aromatic heterocycles. The first-order valence-corrected chi connectivity index (χ1v) is 2.55. The molecule has 0 saturated carbocycles. The normalized spacial score (nSPS) is 8.43. The molecule has 0 radical (unpaired) electrons. The molecule has 0 fully saturated rings. The van der Waals surface area contributed by atoms with E-state index in [1.54, 1.807) is 0 Å². The Labute approximate surface area is 44.8 Å². The molecule has 0 aliphatic rings. The Morgan fingerprint density at radius 2 is 2.29 bits per heavy atom. The summed E-state index contributed by atoms with van der Waals surface area (Å²) in [6.07, 6.45) is 2.88. The van der Waals surface area contributed by atoms with E-state index >= 15 is 0 Å². The summed E-state index contributed by atoms with van der Waals surface area (Å²) in [5, 5.41) is 0. The Hall–Kier alpha value is -0.550. The zero-order valence-electron chi connectivity index (χ0n) is 5.02. The van der Waals surface area contributed by atoms with Crippen molar-refractivity contribution in [1.82, 2.24) is 4.67 Å². The summed E-state index contributed by atoms with van der Waals surface area (Å²) in [5.74, 6) is 0.713. The predicted octanol–water partition coefficient (Wildman–Crippen LogP) is 0.871. The minimum Gasteiger partial charge on any atom is -0.114 e. The van der Waals surface area contributed by atoms with Gasteiger partial charge in [-0.1, -0.05) is 13.8 Å². The van der Waals surface area contributed by atoms with Crippen molar-refractivity contribution < 1.29 is 0 Å². The highest BCUT2D eigenvalue weighted by Crippen LogP contribution is 1.92. The maximum Gasteiger partial charge on any atom is 0.268 e. The molecule has 0 aromatic carbocycles. The van der Waals surface area contributed by atoms with Crippen molar-refractivity contribution in [3.05, 3.63) is 0 Å². The number of rotatable bonds is 2. The lowest BCUT2D eigenvalue weighted by molar-refractivity contribution is 0.690. The molecule has 1 heteroatoms. The molecule has 0 aliphatic heterocycles. The van der Waals surface area contributed by atoms with Gasteiger partial charge in [0.25, 0.3) is 12.9 Å². The van der Waals surface area contributed by atoms with Crippen LogP contribution in [0.1, 0.15) is 20.3 Å². The quantitative estimate of drug-likeness (QED) is 0.359. The van der Waals surface area contributed by atoms with Crippen LogP contribution in [0.2, 0.25) is 0 Å². The molecule has 0 aliphatic carbocycles. The van der Waals surface area contributed by atoms with Crippen LogP contribution in [0.5, 0.6) is 0 Å². The standard InChI is InChI=1S/C6H12N/c1-6(2)4-5-7-3/h5-6H,3-4H2,1-2H3/q+1. The highest BCUT2D eigenvalue weighted by molar-refractivity contribution is 5.58. The average molecular weight is 98.2 g/mol. The van der Waals surface area contributed by atoms with Gasteiger partial charge in [-0.25, -0.2) is 0 Å². The molecule has 0 spiro atoms. The molecule has 0 saturated heterocycles. The van der Waals surface area contributed by atoms with Crippen LogP contribution >= 0.6 is 0 Å². The van der Waals surface area contributed by atoms with E-state index in [4.69, 9.17) is 0 Å². The maximum absolute atomic E-state index is 3.60. The van der Waals surface area contributed by atoms with Gasteiger partial charge in [-0.2, -0.15) is 0 Å². The SMILES string of the molecule is C=[N+]=CCC(C)C. The first kappa shape index (κ1) is 6.45. The van der Waals surface area contributed by atoms with Gasteiger partial charge in [0.2, 0.25) is 0 Å². The van der Waals surface area contributed by atoms with Gasteiger partial charge in [-0.15, -0.1) is 4.67 Å². The molecule has 0 bridgehead atoms. The van der Waals surface area contributed by atoms with Crippen LogP contribution in [0.4, 0.5) is 0 Å². The topological polar surface area (TPSA) is 14.1 Å². The molecule has 0 aromatic rings. The first-order chi connectivity index (χ1) is 3.27. The van der Waals surface area contributed by atoms with E-state index in [0.717, 1.165) is 6.42 Å². The summed E-state index contributed by atoms with van der Waals surface area (Å²) in [5.41, 5.74) is 0. The van der Waals surface area contributed by atoms with E-state index in [9.17, 15) is 0 Å². The fourth-order valence-corrected chi connectivity index (χ4v) is 0.285. The Balaban J connectivity index is 3.13. The second kappa shape index (κ2) is 3.63. The van der Waals surface area contributed by atoms with Crippen molar-refractivity contribution >= 4 is 12.9 Å². The highest BCUT2D eigenvalue weighted by atomic mass is 14.5. The molecule has 7 heavy (non-hydrogen) atoms. The third kappa shape index (κ3) is 5.45.